The quantitative estimate of drug-likeness (QED) is 0.755. The van der Waals surface area contributed by atoms with Crippen molar-refractivity contribution in [3.63, 3.8) is 0 Å². The summed E-state index contributed by atoms with van der Waals surface area (Å²) < 4.78 is 3.40. The zero-order chi connectivity index (χ0) is 11.1. The fraction of sp³-hybridized carbons (Fsp3) is 0.545. The fourth-order valence-electron chi connectivity index (χ4n) is 2.20. The summed E-state index contributed by atoms with van der Waals surface area (Å²) in [5.74, 6) is 0.676. The van der Waals surface area contributed by atoms with E-state index < -0.39 is 0 Å². The molecule has 2 aromatic rings. The molecule has 0 atom stereocenters. The summed E-state index contributed by atoms with van der Waals surface area (Å²) >= 11 is 0. The van der Waals surface area contributed by atoms with Crippen LogP contribution in [0.1, 0.15) is 25.0 Å². The van der Waals surface area contributed by atoms with E-state index in [4.69, 9.17) is 0 Å². The van der Waals surface area contributed by atoms with Gasteiger partial charge in [0.1, 0.15) is 0 Å². The van der Waals surface area contributed by atoms with Gasteiger partial charge in [-0.05, 0) is 25.7 Å². The predicted molar refractivity (Wildman–Crippen MR) is 59.3 cm³/mol. The van der Waals surface area contributed by atoms with Crippen molar-refractivity contribution in [3.05, 3.63) is 28.4 Å². The lowest BCUT2D eigenvalue weighted by atomic mass is 9.85. The first-order valence-electron chi connectivity index (χ1n) is 5.66. The van der Waals surface area contributed by atoms with Gasteiger partial charge in [0, 0.05) is 12.2 Å². The highest BCUT2D eigenvalue weighted by molar-refractivity contribution is 5.40. The van der Waals surface area contributed by atoms with E-state index in [0.29, 0.717) is 11.4 Å². The van der Waals surface area contributed by atoms with Crippen molar-refractivity contribution in [2.45, 2.75) is 32.7 Å². The number of fused-ring (bicyclic) bond motifs is 1. The summed E-state index contributed by atoms with van der Waals surface area (Å²) in [6, 6.07) is 0. The number of nitrogens with zero attached hydrogens (tertiary/aromatic N) is 4. The van der Waals surface area contributed by atoms with Gasteiger partial charge in [0.25, 0.3) is 5.56 Å². The molecule has 2 aromatic heterocycles. The van der Waals surface area contributed by atoms with Crippen molar-refractivity contribution in [2.75, 3.05) is 0 Å². The number of hydrogen-bond acceptors (Lipinski definition) is 3. The molecule has 16 heavy (non-hydrogen) atoms. The van der Waals surface area contributed by atoms with Crippen molar-refractivity contribution in [1.29, 1.82) is 0 Å². The van der Waals surface area contributed by atoms with Crippen molar-refractivity contribution < 1.29 is 0 Å². The van der Waals surface area contributed by atoms with Crippen molar-refractivity contribution in [3.8, 4) is 0 Å². The molecule has 1 fully saturated rings. The molecule has 1 aliphatic carbocycles. The first-order chi connectivity index (χ1) is 7.75. The van der Waals surface area contributed by atoms with E-state index in [0.717, 1.165) is 12.2 Å². The van der Waals surface area contributed by atoms with E-state index in [1.54, 1.807) is 4.52 Å². The van der Waals surface area contributed by atoms with Crippen LogP contribution in [0.2, 0.25) is 0 Å². The number of hydrogen-bond donors (Lipinski definition) is 0. The zero-order valence-electron chi connectivity index (χ0n) is 9.26. The van der Waals surface area contributed by atoms with Crippen molar-refractivity contribution >= 4 is 5.52 Å². The molecule has 0 unspecified atom stereocenters. The van der Waals surface area contributed by atoms with E-state index in [1.807, 2.05) is 17.7 Å². The Morgan fingerprint density at radius 1 is 1.50 bits per heavy atom. The highest BCUT2D eigenvalue weighted by Gasteiger charge is 2.19. The molecule has 0 N–H and O–H groups in total. The molecule has 0 aromatic carbocycles. The molecule has 0 bridgehead atoms. The van der Waals surface area contributed by atoms with Gasteiger partial charge in [-0.3, -0.25) is 4.79 Å². The summed E-state index contributed by atoms with van der Waals surface area (Å²) in [7, 11) is 0. The molecule has 84 valence electrons. The Balaban J connectivity index is 2.10. The maximum atomic E-state index is 12.1. The average molecular weight is 218 g/mol. The number of rotatable bonds is 2. The van der Waals surface area contributed by atoms with Crippen LogP contribution in [0.15, 0.2) is 17.2 Å². The van der Waals surface area contributed by atoms with Gasteiger partial charge in [0.05, 0.1) is 12.4 Å². The summed E-state index contributed by atoms with van der Waals surface area (Å²) in [6.45, 7) is 2.79. The second-order valence-electron chi connectivity index (χ2n) is 4.55. The molecule has 0 amide bonds. The molecule has 3 rings (SSSR count). The molecule has 0 radical (unpaired) electrons. The normalized spacial score (nSPS) is 16.6. The third kappa shape index (κ3) is 1.35. The van der Waals surface area contributed by atoms with Gasteiger partial charge in [-0.2, -0.15) is 0 Å². The van der Waals surface area contributed by atoms with E-state index in [-0.39, 0.29) is 5.56 Å². The van der Waals surface area contributed by atoms with Crippen molar-refractivity contribution in [1.82, 2.24) is 19.4 Å². The maximum absolute atomic E-state index is 12.1. The fourth-order valence-corrected chi connectivity index (χ4v) is 2.20. The number of aryl methyl sites for hydroxylation is 1. The van der Waals surface area contributed by atoms with Gasteiger partial charge in [0.15, 0.2) is 5.52 Å². The van der Waals surface area contributed by atoms with E-state index in [9.17, 15) is 4.79 Å². The molecule has 0 spiro atoms. The van der Waals surface area contributed by atoms with Gasteiger partial charge < -0.3 is 4.57 Å². The van der Waals surface area contributed by atoms with Crippen LogP contribution in [0.25, 0.3) is 5.52 Å². The van der Waals surface area contributed by atoms with Crippen LogP contribution in [0, 0.1) is 12.8 Å². The minimum absolute atomic E-state index is 0.0249. The Labute approximate surface area is 92.7 Å². The second kappa shape index (κ2) is 3.43. The smallest absolute Gasteiger partial charge is 0.278 e. The molecular formula is C11H14N4O. The molecule has 5 heteroatoms. The molecule has 0 saturated heterocycles. The van der Waals surface area contributed by atoms with Crippen LogP contribution in [0.3, 0.4) is 0 Å². The van der Waals surface area contributed by atoms with E-state index >= 15 is 0 Å². The summed E-state index contributed by atoms with van der Waals surface area (Å²) in [4.78, 5) is 12.1. The molecule has 0 aliphatic heterocycles. The molecule has 5 nitrogen and oxygen atoms in total. The molecule has 1 aliphatic rings. The van der Waals surface area contributed by atoms with Gasteiger partial charge >= 0.3 is 0 Å². The average Bonchev–Trinajstić information content (AvgIpc) is 2.62. The third-order valence-corrected chi connectivity index (χ3v) is 3.44. The third-order valence-electron chi connectivity index (χ3n) is 3.44. The lowest BCUT2D eigenvalue weighted by molar-refractivity contribution is 0.272. The van der Waals surface area contributed by atoms with Crippen LogP contribution in [0.5, 0.6) is 0 Å². The lowest BCUT2D eigenvalue weighted by Gasteiger charge is -2.26. The first kappa shape index (κ1) is 9.57. The summed E-state index contributed by atoms with van der Waals surface area (Å²) in [5, 5.41) is 7.61. The van der Waals surface area contributed by atoms with Gasteiger partial charge in [0.2, 0.25) is 0 Å². The zero-order valence-corrected chi connectivity index (χ0v) is 9.26. The lowest BCUT2D eigenvalue weighted by Crippen LogP contribution is -2.29. The van der Waals surface area contributed by atoms with Gasteiger partial charge in [-0.25, -0.2) is 4.52 Å². The van der Waals surface area contributed by atoms with Crippen LogP contribution in [-0.4, -0.2) is 19.4 Å². The predicted octanol–water partition coefficient (Wildman–Crippen LogP) is 1.000. The van der Waals surface area contributed by atoms with Crippen LogP contribution < -0.4 is 5.56 Å². The van der Waals surface area contributed by atoms with E-state index in [1.165, 1.54) is 25.5 Å². The Hall–Kier alpha value is -1.65. The minimum atomic E-state index is 0.0249. The van der Waals surface area contributed by atoms with Crippen LogP contribution >= 0.6 is 0 Å². The van der Waals surface area contributed by atoms with Gasteiger partial charge in [-0.15, -0.1) is 5.10 Å². The monoisotopic (exact) mass is 218 g/mol. The largest absolute Gasteiger partial charge is 0.309 e. The van der Waals surface area contributed by atoms with Crippen molar-refractivity contribution in [2.24, 2.45) is 5.92 Å². The first-order valence-corrected chi connectivity index (χ1v) is 5.66. The highest BCUT2D eigenvalue weighted by Crippen LogP contribution is 2.27. The Morgan fingerprint density at radius 3 is 3.00 bits per heavy atom. The minimum Gasteiger partial charge on any atom is -0.309 e. The van der Waals surface area contributed by atoms with E-state index in [2.05, 4.69) is 10.3 Å². The SMILES string of the molecule is Cc1cn2nncc2c(=O)n1CC1CCC1. The topological polar surface area (TPSA) is 52.2 Å². The second-order valence-corrected chi connectivity index (χ2v) is 4.55. The Bertz CT molecular complexity index is 579. The van der Waals surface area contributed by atoms with Gasteiger partial charge in [-0.1, -0.05) is 11.6 Å². The standard InChI is InChI=1S/C11H14N4O/c1-8-6-15-10(5-12-13-15)11(16)14(8)7-9-3-2-4-9/h5-6,9H,2-4,7H2,1H3. The Morgan fingerprint density at radius 2 is 2.31 bits per heavy atom. The van der Waals surface area contributed by atoms with Crippen LogP contribution in [-0.2, 0) is 6.54 Å². The summed E-state index contributed by atoms with van der Waals surface area (Å²) in [6.07, 6.45) is 7.18. The Kier molecular flexibility index (Phi) is 2.05. The molecule has 2 heterocycles. The highest BCUT2D eigenvalue weighted by atomic mass is 16.1. The summed E-state index contributed by atoms with van der Waals surface area (Å²) in [5.41, 5.74) is 1.54. The number of aromatic nitrogens is 4. The molecular weight excluding hydrogens is 204 g/mol. The van der Waals surface area contributed by atoms with Crippen LogP contribution in [0.4, 0.5) is 0 Å². The molecule has 1 saturated carbocycles. The maximum Gasteiger partial charge on any atom is 0.278 e.